The predicted molar refractivity (Wildman–Crippen MR) is 85.1 cm³/mol. The fraction of sp³-hybridized carbons (Fsp3) is 0.286. The van der Waals surface area contributed by atoms with Gasteiger partial charge in [-0.2, -0.15) is 5.10 Å². The molecule has 1 aromatic rings. The number of ether oxygens (including phenoxy) is 1. The first kappa shape index (κ1) is 16.8. The van der Waals surface area contributed by atoms with Gasteiger partial charge in [0.05, 0.1) is 17.2 Å². The van der Waals surface area contributed by atoms with Gasteiger partial charge in [-0.1, -0.05) is 11.6 Å². The molecule has 2 amide bonds. The molecule has 2 atom stereocenters. The number of carbonyl (C=O) groups is 3. The number of hydrazone groups is 1. The van der Waals surface area contributed by atoms with E-state index in [1.807, 2.05) is 0 Å². The van der Waals surface area contributed by atoms with Crippen LogP contribution in [0, 0.1) is 16.0 Å². The third-order valence-electron chi connectivity index (χ3n) is 3.79. The maximum atomic E-state index is 12.7. The highest BCUT2D eigenvalue weighted by Crippen LogP contribution is 2.35. The Labute approximate surface area is 145 Å². The number of fused-ring (bicyclic) bond motifs is 1. The van der Waals surface area contributed by atoms with E-state index >= 15 is 0 Å². The van der Waals surface area contributed by atoms with E-state index in [0.29, 0.717) is 0 Å². The highest BCUT2D eigenvalue weighted by molar-refractivity contribution is 6.46. The van der Waals surface area contributed by atoms with Crippen LogP contribution in [0.1, 0.15) is 6.92 Å². The number of anilines is 1. The van der Waals surface area contributed by atoms with Crippen molar-refractivity contribution in [1.29, 1.82) is 0 Å². The Bertz CT molecular complexity index is 839. The van der Waals surface area contributed by atoms with Crippen LogP contribution in [0.5, 0.6) is 0 Å². The summed E-state index contributed by atoms with van der Waals surface area (Å²) in [6.07, 6.45) is 0. The van der Waals surface area contributed by atoms with Crippen LogP contribution in [0.15, 0.2) is 23.3 Å². The minimum Gasteiger partial charge on any atom is -0.461 e. The highest BCUT2D eigenvalue weighted by Gasteiger charge is 2.55. The molecule has 1 saturated heterocycles. The summed E-state index contributed by atoms with van der Waals surface area (Å²) in [6.45, 7) is 1.68. The second-order valence-corrected chi connectivity index (χ2v) is 5.61. The van der Waals surface area contributed by atoms with Gasteiger partial charge in [0.25, 0.3) is 11.6 Å². The third-order valence-corrected chi connectivity index (χ3v) is 4.11. The number of nitro benzene ring substituents is 1. The van der Waals surface area contributed by atoms with Crippen molar-refractivity contribution >= 4 is 46.5 Å². The molecule has 25 heavy (non-hydrogen) atoms. The van der Waals surface area contributed by atoms with Crippen molar-refractivity contribution in [3.05, 3.63) is 33.3 Å². The van der Waals surface area contributed by atoms with E-state index in [9.17, 15) is 24.5 Å². The van der Waals surface area contributed by atoms with E-state index in [4.69, 9.17) is 16.3 Å². The lowest BCUT2D eigenvalue weighted by molar-refractivity contribution is -0.384. The Kier molecular flexibility index (Phi) is 4.13. The number of benzene rings is 1. The normalized spacial score (nSPS) is 21.7. The molecule has 0 aliphatic carbocycles. The molecule has 0 unspecified atom stereocenters. The number of esters is 1. The van der Waals surface area contributed by atoms with Crippen molar-refractivity contribution in [1.82, 2.24) is 5.43 Å². The second kappa shape index (κ2) is 6.13. The fourth-order valence-corrected chi connectivity index (χ4v) is 2.88. The Hall–Kier alpha value is -3.01. The van der Waals surface area contributed by atoms with Crippen molar-refractivity contribution in [2.75, 3.05) is 11.5 Å². The van der Waals surface area contributed by atoms with Gasteiger partial charge in [0.1, 0.15) is 17.0 Å². The summed E-state index contributed by atoms with van der Waals surface area (Å²) in [7, 11) is 0. The molecule has 2 aliphatic heterocycles. The van der Waals surface area contributed by atoms with Crippen molar-refractivity contribution in [2.24, 2.45) is 11.0 Å². The van der Waals surface area contributed by atoms with Gasteiger partial charge >= 0.3 is 5.97 Å². The largest absolute Gasteiger partial charge is 0.461 e. The van der Waals surface area contributed by atoms with Gasteiger partial charge in [-0.05, 0) is 19.1 Å². The van der Waals surface area contributed by atoms with Crippen LogP contribution in [-0.4, -0.2) is 41.1 Å². The number of hydrogen-bond donors (Lipinski definition) is 1. The standard InChI is InChI=1S/C14H11ClN4O6/c1-2-25-14(22)11-9-10(16-17-11)13(21)18(12(9)20)6-3-4-7(15)8(5-6)19(23)24/h3-5,9-10,16H,2H2,1H3/t9-,10+/m1/s1. The van der Waals surface area contributed by atoms with Crippen LogP contribution >= 0.6 is 11.6 Å². The molecule has 2 heterocycles. The molecule has 1 N–H and O–H groups in total. The van der Waals surface area contributed by atoms with Gasteiger partial charge in [-0.15, -0.1) is 0 Å². The summed E-state index contributed by atoms with van der Waals surface area (Å²) in [6, 6.07) is 2.51. The molecule has 0 spiro atoms. The Morgan fingerprint density at radius 3 is 2.80 bits per heavy atom. The van der Waals surface area contributed by atoms with E-state index < -0.39 is 40.4 Å². The van der Waals surface area contributed by atoms with E-state index in [1.165, 1.54) is 12.1 Å². The molecule has 0 aromatic heterocycles. The Morgan fingerprint density at radius 2 is 2.16 bits per heavy atom. The lowest BCUT2D eigenvalue weighted by Gasteiger charge is -2.15. The summed E-state index contributed by atoms with van der Waals surface area (Å²) < 4.78 is 4.83. The zero-order chi connectivity index (χ0) is 18.3. The molecule has 11 heteroatoms. The molecule has 10 nitrogen and oxygen atoms in total. The number of rotatable bonds is 4. The van der Waals surface area contributed by atoms with Crippen LogP contribution in [0.2, 0.25) is 5.02 Å². The predicted octanol–water partition coefficient (Wildman–Crippen LogP) is 0.628. The molecular weight excluding hydrogens is 356 g/mol. The number of imide groups is 1. The van der Waals surface area contributed by atoms with E-state index in [-0.39, 0.29) is 23.0 Å². The fourth-order valence-electron chi connectivity index (χ4n) is 2.70. The van der Waals surface area contributed by atoms with Crippen LogP contribution in [-0.2, 0) is 19.1 Å². The van der Waals surface area contributed by atoms with Crippen molar-refractivity contribution < 1.29 is 24.0 Å². The number of carbonyl (C=O) groups excluding carboxylic acids is 3. The zero-order valence-corrected chi connectivity index (χ0v) is 13.5. The lowest BCUT2D eigenvalue weighted by atomic mass is 9.99. The topological polar surface area (TPSA) is 131 Å². The summed E-state index contributed by atoms with van der Waals surface area (Å²) in [5.41, 5.74) is 1.80. The van der Waals surface area contributed by atoms with Gasteiger partial charge in [0.2, 0.25) is 5.91 Å². The molecular formula is C14H11ClN4O6. The van der Waals surface area contributed by atoms with Crippen molar-refractivity contribution in [3.63, 3.8) is 0 Å². The number of amides is 2. The second-order valence-electron chi connectivity index (χ2n) is 5.21. The summed E-state index contributed by atoms with van der Waals surface area (Å²) in [4.78, 5) is 48.1. The van der Waals surface area contributed by atoms with Gasteiger partial charge < -0.3 is 4.74 Å². The first-order valence-corrected chi connectivity index (χ1v) is 7.56. The van der Waals surface area contributed by atoms with Crippen LogP contribution in [0.3, 0.4) is 0 Å². The summed E-state index contributed by atoms with van der Waals surface area (Å²) in [5, 5.41) is 14.6. The molecule has 0 radical (unpaired) electrons. The lowest BCUT2D eigenvalue weighted by Crippen LogP contribution is -2.36. The SMILES string of the molecule is CCOC(=O)C1=NN[C@@H]2C(=O)N(c3ccc(Cl)c([N+](=O)[O-])c3)C(=O)[C@@H]12. The Balaban J connectivity index is 1.96. The molecule has 0 saturated carbocycles. The van der Waals surface area contributed by atoms with Crippen molar-refractivity contribution in [3.8, 4) is 0 Å². The minimum absolute atomic E-state index is 0.00879. The average molecular weight is 367 g/mol. The quantitative estimate of drug-likeness (QED) is 0.357. The smallest absolute Gasteiger partial charge is 0.355 e. The van der Waals surface area contributed by atoms with E-state index in [2.05, 4.69) is 10.5 Å². The van der Waals surface area contributed by atoms with E-state index in [1.54, 1.807) is 6.92 Å². The maximum absolute atomic E-state index is 12.7. The number of nitro groups is 1. The van der Waals surface area contributed by atoms with Gasteiger partial charge in [-0.3, -0.25) is 25.1 Å². The Morgan fingerprint density at radius 1 is 1.44 bits per heavy atom. The molecule has 0 bridgehead atoms. The van der Waals surface area contributed by atoms with Gasteiger partial charge in [-0.25, -0.2) is 9.69 Å². The average Bonchev–Trinajstić information content (AvgIpc) is 3.10. The minimum atomic E-state index is -1.14. The third kappa shape index (κ3) is 2.60. The summed E-state index contributed by atoms with van der Waals surface area (Å²) in [5.74, 6) is -3.33. The highest BCUT2D eigenvalue weighted by atomic mass is 35.5. The van der Waals surface area contributed by atoms with Gasteiger partial charge in [0.15, 0.2) is 5.71 Å². The number of halogens is 1. The molecule has 2 aliphatic rings. The van der Waals surface area contributed by atoms with Crippen LogP contribution in [0.25, 0.3) is 0 Å². The van der Waals surface area contributed by atoms with Crippen molar-refractivity contribution in [2.45, 2.75) is 13.0 Å². The number of hydrogen-bond acceptors (Lipinski definition) is 8. The van der Waals surface area contributed by atoms with Gasteiger partial charge in [0, 0.05) is 6.07 Å². The molecule has 1 aromatic carbocycles. The number of nitrogens with zero attached hydrogens (tertiary/aromatic N) is 3. The van der Waals surface area contributed by atoms with Crippen LogP contribution < -0.4 is 10.3 Å². The number of nitrogens with one attached hydrogen (secondary N) is 1. The molecule has 1 fully saturated rings. The summed E-state index contributed by atoms with van der Waals surface area (Å²) >= 11 is 5.74. The molecule has 130 valence electrons. The zero-order valence-electron chi connectivity index (χ0n) is 12.8. The first-order chi connectivity index (χ1) is 11.9. The first-order valence-electron chi connectivity index (χ1n) is 7.18. The monoisotopic (exact) mass is 366 g/mol. The van der Waals surface area contributed by atoms with Crippen LogP contribution in [0.4, 0.5) is 11.4 Å². The maximum Gasteiger partial charge on any atom is 0.355 e. The van der Waals surface area contributed by atoms with E-state index in [0.717, 1.165) is 11.0 Å². The molecule has 3 rings (SSSR count).